The summed E-state index contributed by atoms with van der Waals surface area (Å²) in [6.07, 6.45) is 9.06. The van der Waals surface area contributed by atoms with Gasteiger partial charge in [0, 0.05) is 23.8 Å². The first-order valence-corrected chi connectivity index (χ1v) is 8.37. The molecule has 21 heavy (non-hydrogen) atoms. The molecule has 0 aliphatic carbocycles. The zero-order valence-corrected chi connectivity index (χ0v) is 13.6. The lowest BCUT2D eigenvalue weighted by Crippen LogP contribution is -2.28. The van der Waals surface area contributed by atoms with Crippen LogP contribution in [0.15, 0.2) is 36.7 Å². The molecule has 1 aromatic carbocycles. The Morgan fingerprint density at radius 1 is 1.00 bits per heavy atom. The molecule has 0 aliphatic rings. The minimum atomic E-state index is 0.411. The molecule has 1 heterocycles. The average Bonchev–Trinajstić information content (AvgIpc) is 2.52. The molecule has 1 atom stereocenters. The summed E-state index contributed by atoms with van der Waals surface area (Å²) in [6.45, 7) is 7.76. The Labute approximate surface area is 129 Å². The van der Waals surface area contributed by atoms with Crippen LogP contribution in [-0.4, -0.2) is 11.5 Å². The molecule has 1 unspecified atom stereocenters. The van der Waals surface area contributed by atoms with E-state index in [4.69, 9.17) is 0 Å². The van der Waals surface area contributed by atoms with Crippen LogP contribution in [0.3, 0.4) is 0 Å². The van der Waals surface area contributed by atoms with Crippen molar-refractivity contribution in [2.24, 2.45) is 5.92 Å². The van der Waals surface area contributed by atoms with Gasteiger partial charge in [0.2, 0.25) is 0 Å². The summed E-state index contributed by atoms with van der Waals surface area (Å²) in [5.74, 6) is 0.688. The first-order chi connectivity index (χ1) is 10.3. The predicted molar refractivity (Wildman–Crippen MR) is 91.5 cm³/mol. The van der Waals surface area contributed by atoms with Crippen LogP contribution >= 0.6 is 0 Å². The van der Waals surface area contributed by atoms with E-state index in [1.165, 1.54) is 42.0 Å². The fourth-order valence-electron chi connectivity index (χ4n) is 3.36. The van der Waals surface area contributed by atoms with Gasteiger partial charge >= 0.3 is 0 Å². The van der Waals surface area contributed by atoms with Gasteiger partial charge in [-0.25, -0.2) is 0 Å². The van der Waals surface area contributed by atoms with Crippen molar-refractivity contribution < 1.29 is 0 Å². The number of rotatable bonds is 8. The number of nitrogens with zero attached hydrogens (tertiary/aromatic N) is 1. The summed E-state index contributed by atoms with van der Waals surface area (Å²) in [7, 11) is 0. The standard InChI is InChI=1S/C19H28N2/c1-4-9-15(10-5-2)19(21-6-3)18-14-20-13-16-11-7-8-12-17(16)18/h7-8,11-15,19,21H,4-6,9-10H2,1-3H3. The molecule has 2 nitrogen and oxygen atoms in total. The first-order valence-electron chi connectivity index (χ1n) is 8.37. The van der Waals surface area contributed by atoms with E-state index in [-0.39, 0.29) is 0 Å². The third-order valence-electron chi connectivity index (χ3n) is 4.25. The fraction of sp³-hybridized carbons (Fsp3) is 0.526. The Morgan fingerprint density at radius 2 is 1.71 bits per heavy atom. The number of hydrogen-bond acceptors (Lipinski definition) is 2. The lowest BCUT2D eigenvalue weighted by molar-refractivity contribution is 0.321. The molecular weight excluding hydrogens is 256 g/mol. The SMILES string of the molecule is CCCC(CCC)C(NCC)c1cncc2ccccc12. The molecule has 0 fully saturated rings. The molecule has 0 amide bonds. The van der Waals surface area contributed by atoms with Crippen LogP contribution in [0.4, 0.5) is 0 Å². The molecule has 2 aromatic rings. The van der Waals surface area contributed by atoms with Crippen LogP contribution in [-0.2, 0) is 0 Å². The molecule has 1 N–H and O–H groups in total. The summed E-state index contributed by atoms with van der Waals surface area (Å²) in [4.78, 5) is 4.48. The van der Waals surface area contributed by atoms with Crippen molar-refractivity contribution in [3.8, 4) is 0 Å². The molecule has 0 aliphatic heterocycles. The summed E-state index contributed by atoms with van der Waals surface area (Å²) >= 11 is 0. The van der Waals surface area contributed by atoms with Crippen LogP contribution < -0.4 is 5.32 Å². The lowest BCUT2D eigenvalue weighted by Gasteiger charge is -2.28. The highest BCUT2D eigenvalue weighted by molar-refractivity contribution is 5.85. The van der Waals surface area contributed by atoms with Gasteiger partial charge in [-0.05, 0) is 36.3 Å². The molecule has 2 heteroatoms. The minimum Gasteiger partial charge on any atom is -0.310 e. The summed E-state index contributed by atoms with van der Waals surface area (Å²) in [6, 6.07) is 9.01. The van der Waals surface area contributed by atoms with Gasteiger partial charge in [-0.15, -0.1) is 0 Å². The highest BCUT2D eigenvalue weighted by atomic mass is 14.9. The Kier molecular flexibility index (Phi) is 6.19. The Hall–Kier alpha value is -1.41. The summed E-state index contributed by atoms with van der Waals surface area (Å²) in [5.41, 5.74) is 1.36. The highest BCUT2D eigenvalue weighted by Gasteiger charge is 2.23. The van der Waals surface area contributed by atoms with E-state index in [1.807, 2.05) is 6.20 Å². The van der Waals surface area contributed by atoms with E-state index >= 15 is 0 Å². The van der Waals surface area contributed by atoms with Crippen molar-refractivity contribution in [3.63, 3.8) is 0 Å². The largest absolute Gasteiger partial charge is 0.310 e. The molecule has 2 rings (SSSR count). The third kappa shape index (κ3) is 3.82. The van der Waals surface area contributed by atoms with E-state index in [2.05, 4.69) is 61.5 Å². The maximum absolute atomic E-state index is 4.48. The third-order valence-corrected chi connectivity index (χ3v) is 4.25. The first kappa shape index (κ1) is 16.0. The predicted octanol–water partition coefficient (Wildman–Crippen LogP) is 5.10. The van der Waals surface area contributed by atoms with E-state index in [0.29, 0.717) is 12.0 Å². The highest BCUT2D eigenvalue weighted by Crippen LogP contribution is 2.33. The second-order valence-electron chi connectivity index (χ2n) is 5.82. The lowest BCUT2D eigenvalue weighted by atomic mass is 9.85. The van der Waals surface area contributed by atoms with Gasteiger partial charge in [0.15, 0.2) is 0 Å². The second kappa shape index (κ2) is 8.14. The van der Waals surface area contributed by atoms with Gasteiger partial charge in [-0.3, -0.25) is 4.98 Å². The van der Waals surface area contributed by atoms with Crippen molar-refractivity contribution >= 4 is 10.8 Å². The van der Waals surface area contributed by atoms with Crippen molar-refractivity contribution in [2.75, 3.05) is 6.54 Å². The Morgan fingerprint density at radius 3 is 2.38 bits per heavy atom. The Bertz CT molecular complexity index is 539. The summed E-state index contributed by atoms with van der Waals surface area (Å²) < 4.78 is 0. The number of aromatic nitrogens is 1. The average molecular weight is 284 g/mol. The zero-order chi connectivity index (χ0) is 15.1. The summed E-state index contributed by atoms with van der Waals surface area (Å²) in [5, 5.41) is 6.30. The van der Waals surface area contributed by atoms with E-state index in [1.54, 1.807) is 0 Å². The fourth-order valence-corrected chi connectivity index (χ4v) is 3.36. The maximum atomic E-state index is 4.48. The van der Waals surface area contributed by atoms with E-state index < -0.39 is 0 Å². The van der Waals surface area contributed by atoms with Crippen molar-refractivity contribution in [1.82, 2.24) is 10.3 Å². The van der Waals surface area contributed by atoms with Gasteiger partial charge < -0.3 is 5.32 Å². The molecule has 0 spiro atoms. The van der Waals surface area contributed by atoms with Crippen LogP contribution in [0, 0.1) is 5.92 Å². The molecule has 0 bridgehead atoms. The second-order valence-corrected chi connectivity index (χ2v) is 5.82. The number of benzene rings is 1. The number of fused-ring (bicyclic) bond motifs is 1. The molecule has 0 radical (unpaired) electrons. The topological polar surface area (TPSA) is 24.9 Å². The number of nitrogens with one attached hydrogen (secondary N) is 1. The van der Waals surface area contributed by atoms with E-state index in [9.17, 15) is 0 Å². The molecular formula is C19H28N2. The zero-order valence-electron chi connectivity index (χ0n) is 13.6. The van der Waals surface area contributed by atoms with Gasteiger partial charge in [-0.1, -0.05) is 57.9 Å². The number of hydrogen-bond donors (Lipinski definition) is 1. The van der Waals surface area contributed by atoms with Gasteiger partial charge in [0.1, 0.15) is 0 Å². The monoisotopic (exact) mass is 284 g/mol. The van der Waals surface area contributed by atoms with Gasteiger partial charge in [0.05, 0.1) is 0 Å². The van der Waals surface area contributed by atoms with Crippen LogP contribution in [0.5, 0.6) is 0 Å². The van der Waals surface area contributed by atoms with Crippen LogP contribution in [0.2, 0.25) is 0 Å². The van der Waals surface area contributed by atoms with Gasteiger partial charge in [-0.2, -0.15) is 0 Å². The molecule has 0 saturated heterocycles. The molecule has 114 valence electrons. The minimum absolute atomic E-state index is 0.411. The van der Waals surface area contributed by atoms with Crippen molar-refractivity contribution in [1.29, 1.82) is 0 Å². The normalized spacial score (nSPS) is 13.0. The van der Waals surface area contributed by atoms with Crippen LogP contribution in [0.25, 0.3) is 10.8 Å². The van der Waals surface area contributed by atoms with Crippen molar-refractivity contribution in [2.45, 2.75) is 52.5 Å². The smallest absolute Gasteiger partial charge is 0.0370 e. The van der Waals surface area contributed by atoms with Gasteiger partial charge in [0.25, 0.3) is 0 Å². The van der Waals surface area contributed by atoms with Crippen LogP contribution in [0.1, 0.15) is 58.1 Å². The van der Waals surface area contributed by atoms with E-state index in [0.717, 1.165) is 6.54 Å². The molecule has 1 aromatic heterocycles. The molecule has 0 saturated carbocycles. The van der Waals surface area contributed by atoms with Crippen molar-refractivity contribution in [3.05, 3.63) is 42.2 Å². The maximum Gasteiger partial charge on any atom is 0.0370 e. The number of pyridine rings is 1. The Balaban J connectivity index is 2.43. The quantitative estimate of drug-likeness (QED) is 0.729.